The quantitative estimate of drug-likeness (QED) is 0.664. The number of aromatic carboxylic acids is 1. The summed E-state index contributed by atoms with van der Waals surface area (Å²) in [5.74, 6) is 0.620. The molecule has 0 spiro atoms. The lowest BCUT2D eigenvalue weighted by atomic mass is 10.2. The van der Waals surface area contributed by atoms with Crippen LogP contribution in [-0.4, -0.2) is 54.8 Å². The van der Waals surface area contributed by atoms with E-state index in [-0.39, 0.29) is 5.69 Å². The molecule has 7 heteroatoms. The Hall–Kier alpha value is -2.12. The lowest BCUT2D eigenvalue weighted by Gasteiger charge is -2.11. The molecule has 130 valence electrons. The summed E-state index contributed by atoms with van der Waals surface area (Å²) in [5, 5.41) is 9.01. The molecule has 0 radical (unpaired) electrons. The number of carboxylic acid groups (broad SMARTS) is 1. The number of likely N-dealkylation sites (N-methyl/N-ethyl adjacent to an activating group) is 1. The van der Waals surface area contributed by atoms with Gasteiger partial charge in [0, 0.05) is 11.4 Å². The molecule has 0 fully saturated rings. The molecule has 24 heavy (non-hydrogen) atoms. The number of carbonyl (C=O) groups is 1. The fourth-order valence-electron chi connectivity index (χ4n) is 2.02. The lowest BCUT2D eigenvalue weighted by molar-refractivity contribution is 0.0690. The molecule has 0 aliphatic rings. The van der Waals surface area contributed by atoms with Gasteiger partial charge in [0.2, 0.25) is 0 Å². The maximum Gasteiger partial charge on any atom is 0.355 e. The molecule has 1 heterocycles. The van der Waals surface area contributed by atoms with Crippen LogP contribution in [0.15, 0.2) is 29.8 Å². The van der Waals surface area contributed by atoms with Crippen LogP contribution in [0.4, 0.5) is 0 Å². The minimum absolute atomic E-state index is 0.152. The van der Waals surface area contributed by atoms with E-state index in [9.17, 15) is 4.79 Å². The standard InChI is InChI=1S/C17H22N2O4S/c1-19(2)9-11-23-14-7-5-13(6-8-14)22-10-3-4-15-16(17(20)21)18-12-24-15/h5-8,12H,3-4,9-11H2,1-2H3,(H,20,21). The summed E-state index contributed by atoms with van der Waals surface area (Å²) in [6.07, 6.45) is 1.39. The highest BCUT2D eigenvalue weighted by atomic mass is 32.1. The van der Waals surface area contributed by atoms with Crippen molar-refractivity contribution < 1.29 is 19.4 Å². The zero-order chi connectivity index (χ0) is 17.4. The number of ether oxygens (including phenoxy) is 2. The first-order chi connectivity index (χ1) is 11.6. The number of nitrogens with zero attached hydrogens (tertiary/aromatic N) is 2. The minimum atomic E-state index is -0.975. The van der Waals surface area contributed by atoms with Gasteiger partial charge in [-0.1, -0.05) is 0 Å². The van der Waals surface area contributed by atoms with E-state index in [1.165, 1.54) is 11.3 Å². The third-order valence-electron chi connectivity index (χ3n) is 3.29. The molecule has 0 bridgehead atoms. The van der Waals surface area contributed by atoms with Crippen molar-refractivity contribution in [2.45, 2.75) is 12.8 Å². The largest absolute Gasteiger partial charge is 0.494 e. The summed E-state index contributed by atoms with van der Waals surface area (Å²) < 4.78 is 11.3. The van der Waals surface area contributed by atoms with E-state index in [1.807, 2.05) is 38.4 Å². The van der Waals surface area contributed by atoms with Crippen molar-refractivity contribution in [3.05, 3.63) is 40.3 Å². The summed E-state index contributed by atoms with van der Waals surface area (Å²) >= 11 is 1.37. The molecule has 0 atom stereocenters. The molecule has 0 amide bonds. The highest BCUT2D eigenvalue weighted by Crippen LogP contribution is 2.19. The van der Waals surface area contributed by atoms with Gasteiger partial charge < -0.3 is 19.5 Å². The molecule has 0 aliphatic heterocycles. The fourth-order valence-corrected chi connectivity index (χ4v) is 2.82. The van der Waals surface area contributed by atoms with Gasteiger partial charge in [-0.05, 0) is 51.2 Å². The van der Waals surface area contributed by atoms with Gasteiger partial charge in [-0.3, -0.25) is 0 Å². The van der Waals surface area contributed by atoms with Crippen LogP contribution < -0.4 is 9.47 Å². The summed E-state index contributed by atoms with van der Waals surface area (Å²) in [6.45, 7) is 2.04. The first-order valence-electron chi connectivity index (χ1n) is 7.72. The van der Waals surface area contributed by atoms with Crippen LogP contribution in [0.3, 0.4) is 0 Å². The predicted octanol–water partition coefficient (Wildman–Crippen LogP) is 2.79. The highest BCUT2D eigenvalue weighted by Gasteiger charge is 2.12. The van der Waals surface area contributed by atoms with E-state index in [0.29, 0.717) is 19.6 Å². The molecule has 2 aromatic rings. The monoisotopic (exact) mass is 350 g/mol. The maximum absolute atomic E-state index is 11.0. The molecular formula is C17H22N2O4S. The number of benzene rings is 1. The van der Waals surface area contributed by atoms with Crippen LogP contribution in [0.1, 0.15) is 21.8 Å². The van der Waals surface area contributed by atoms with Crippen LogP contribution in [0.2, 0.25) is 0 Å². The van der Waals surface area contributed by atoms with E-state index < -0.39 is 5.97 Å². The number of hydrogen-bond acceptors (Lipinski definition) is 6. The zero-order valence-corrected chi connectivity index (χ0v) is 14.7. The SMILES string of the molecule is CN(C)CCOc1ccc(OCCCc2scnc2C(=O)O)cc1. The number of hydrogen-bond donors (Lipinski definition) is 1. The van der Waals surface area contributed by atoms with Crippen LogP contribution >= 0.6 is 11.3 Å². The third-order valence-corrected chi connectivity index (χ3v) is 4.18. The van der Waals surface area contributed by atoms with Gasteiger partial charge in [0.1, 0.15) is 18.1 Å². The Kier molecular flexibility index (Phi) is 7.02. The van der Waals surface area contributed by atoms with E-state index >= 15 is 0 Å². The molecule has 1 aromatic heterocycles. The first-order valence-corrected chi connectivity index (χ1v) is 8.60. The van der Waals surface area contributed by atoms with E-state index in [0.717, 1.165) is 29.3 Å². The van der Waals surface area contributed by atoms with Crippen molar-refractivity contribution in [3.8, 4) is 11.5 Å². The third kappa shape index (κ3) is 5.82. The van der Waals surface area contributed by atoms with Crippen molar-refractivity contribution in [2.24, 2.45) is 0 Å². The molecule has 0 saturated carbocycles. The summed E-state index contributed by atoms with van der Waals surface area (Å²) in [4.78, 5) is 17.7. The zero-order valence-electron chi connectivity index (χ0n) is 13.9. The summed E-state index contributed by atoms with van der Waals surface area (Å²) in [7, 11) is 4.01. The Bertz CT molecular complexity index is 640. The topological polar surface area (TPSA) is 71.9 Å². The molecule has 2 rings (SSSR count). The Morgan fingerprint density at radius 3 is 2.38 bits per heavy atom. The number of aromatic nitrogens is 1. The van der Waals surface area contributed by atoms with Crippen molar-refractivity contribution in [1.29, 1.82) is 0 Å². The number of carboxylic acids is 1. The van der Waals surface area contributed by atoms with Crippen LogP contribution in [-0.2, 0) is 6.42 Å². The van der Waals surface area contributed by atoms with Crippen LogP contribution in [0, 0.1) is 0 Å². The van der Waals surface area contributed by atoms with Gasteiger partial charge in [-0.2, -0.15) is 0 Å². The first kappa shape index (κ1) is 18.2. The van der Waals surface area contributed by atoms with E-state index in [1.54, 1.807) is 5.51 Å². The normalized spacial score (nSPS) is 10.8. The second kappa shape index (κ2) is 9.24. The Morgan fingerprint density at radius 2 is 1.79 bits per heavy atom. The lowest BCUT2D eigenvalue weighted by Crippen LogP contribution is -2.19. The van der Waals surface area contributed by atoms with Gasteiger partial charge in [0.15, 0.2) is 5.69 Å². The molecular weight excluding hydrogens is 328 g/mol. The van der Waals surface area contributed by atoms with Crippen molar-refractivity contribution in [2.75, 3.05) is 33.9 Å². The number of rotatable bonds is 10. The predicted molar refractivity (Wildman–Crippen MR) is 93.4 cm³/mol. The molecule has 1 N–H and O–H groups in total. The van der Waals surface area contributed by atoms with Gasteiger partial charge >= 0.3 is 5.97 Å². The van der Waals surface area contributed by atoms with Gasteiger partial charge in [0.25, 0.3) is 0 Å². The highest BCUT2D eigenvalue weighted by molar-refractivity contribution is 7.09. The minimum Gasteiger partial charge on any atom is -0.494 e. The average molecular weight is 350 g/mol. The van der Waals surface area contributed by atoms with Crippen molar-refractivity contribution >= 4 is 17.3 Å². The van der Waals surface area contributed by atoms with Crippen LogP contribution in [0.5, 0.6) is 11.5 Å². The molecule has 0 aliphatic carbocycles. The number of aryl methyl sites for hydroxylation is 1. The average Bonchev–Trinajstić information content (AvgIpc) is 3.01. The smallest absolute Gasteiger partial charge is 0.355 e. The molecule has 0 unspecified atom stereocenters. The van der Waals surface area contributed by atoms with Crippen LogP contribution in [0.25, 0.3) is 0 Å². The molecule has 0 saturated heterocycles. The van der Waals surface area contributed by atoms with Crippen molar-refractivity contribution in [1.82, 2.24) is 9.88 Å². The second-order valence-corrected chi connectivity index (χ2v) is 6.44. The number of thiazole rings is 1. The van der Waals surface area contributed by atoms with E-state index in [4.69, 9.17) is 14.6 Å². The second-order valence-electron chi connectivity index (χ2n) is 5.50. The van der Waals surface area contributed by atoms with Gasteiger partial charge in [-0.15, -0.1) is 11.3 Å². The van der Waals surface area contributed by atoms with E-state index in [2.05, 4.69) is 9.88 Å². The molecule has 6 nitrogen and oxygen atoms in total. The van der Waals surface area contributed by atoms with Crippen molar-refractivity contribution in [3.63, 3.8) is 0 Å². The Balaban J connectivity index is 1.70. The summed E-state index contributed by atoms with van der Waals surface area (Å²) in [5.41, 5.74) is 1.72. The maximum atomic E-state index is 11.0. The van der Waals surface area contributed by atoms with Gasteiger partial charge in [-0.25, -0.2) is 9.78 Å². The molecule has 1 aromatic carbocycles. The van der Waals surface area contributed by atoms with Gasteiger partial charge in [0.05, 0.1) is 12.1 Å². The fraction of sp³-hybridized carbons (Fsp3) is 0.412. The Morgan fingerprint density at radius 1 is 1.17 bits per heavy atom. The Labute approximate surface area is 145 Å². The summed E-state index contributed by atoms with van der Waals surface area (Å²) in [6, 6.07) is 7.52.